The van der Waals surface area contributed by atoms with Crippen molar-refractivity contribution in [2.45, 2.75) is 24.7 Å². The zero-order valence-corrected chi connectivity index (χ0v) is 11.8. The van der Waals surface area contributed by atoms with Gasteiger partial charge >= 0.3 is 0 Å². The van der Waals surface area contributed by atoms with E-state index in [9.17, 15) is 22.0 Å². The van der Waals surface area contributed by atoms with Crippen LogP contribution >= 0.6 is 0 Å². The summed E-state index contributed by atoms with van der Waals surface area (Å²) in [7, 11) is -4.04. The maximum atomic E-state index is 13.6. The molecule has 1 aliphatic heterocycles. The molecule has 110 valence electrons. The highest BCUT2D eigenvalue weighted by atomic mass is 32.2. The summed E-state index contributed by atoms with van der Waals surface area (Å²) in [6.45, 7) is 1.89. The smallest absolute Gasteiger partial charge is 0.246 e. The summed E-state index contributed by atoms with van der Waals surface area (Å²) >= 11 is 0. The normalized spacial score (nSPS) is 21.1. The number of carbonyl (C=O) groups is 1. The third-order valence-electron chi connectivity index (χ3n) is 3.49. The molecule has 7 heteroatoms. The lowest BCUT2D eigenvalue weighted by atomic mass is 9.96. The van der Waals surface area contributed by atoms with Crippen LogP contribution in [0.5, 0.6) is 0 Å². The Morgan fingerprint density at radius 3 is 2.65 bits per heavy atom. The monoisotopic (exact) mass is 303 g/mol. The van der Waals surface area contributed by atoms with Crippen molar-refractivity contribution in [2.24, 2.45) is 5.92 Å². The van der Waals surface area contributed by atoms with Crippen LogP contribution in [-0.4, -0.2) is 31.6 Å². The number of carbonyl (C=O) groups excluding carboxylic acids is 1. The van der Waals surface area contributed by atoms with Crippen LogP contribution in [0.4, 0.5) is 8.78 Å². The fourth-order valence-electron chi connectivity index (χ4n) is 2.28. The number of benzene rings is 1. The molecule has 20 heavy (non-hydrogen) atoms. The van der Waals surface area contributed by atoms with E-state index in [1.165, 1.54) is 0 Å². The summed E-state index contributed by atoms with van der Waals surface area (Å²) in [5.41, 5.74) is 0. The molecule has 0 spiro atoms. The molecule has 0 aliphatic carbocycles. The Kier molecular flexibility index (Phi) is 4.19. The molecule has 0 aromatic heterocycles. The number of halogens is 2. The third kappa shape index (κ3) is 2.73. The highest BCUT2D eigenvalue weighted by Gasteiger charge is 2.35. The van der Waals surface area contributed by atoms with Gasteiger partial charge in [0.1, 0.15) is 22.3 Å². The van der Waals surface area contributed by atoms with E-state index in [0.29, 0.717) is 12.5 Å². The van der Waals surface area contributed by atoms with Crippen LogP contribution in [-0.2, 0) is 14.8 Å². The SMILES string of the molecule is CCC1CN(S(=O)(=O)c2ccc(F)cc2F)CCC1=O. The Morgan fingerprint density at radius 2 is 2.05 bits per heavy atom. The zero-order chi connectivity index (χ0) is 14.9. The average molecular weight is 303 g/mol. The summed E-state index contributed by atoms with van der Waals surface area (Å²) in [6, 6.07) is 2.36. The summed E-state index contributed by atoms with van der Waals surface area (Å²) in [5.74, 6) is -2.28. The van der Waals surface area contributed by atoms with E-state index in [2.05, 4.69) is 0 Å². The van der Waals surface area contributed by atoms with Gasteiger partial charge in [0.25, 0.3) is 0 Å². The molecule has 1 fully saturated rings. The summed E-state index contributed by atoms with van der Waals surface area (Å²) in [6.07, 6.45) is 0.664. The minimum Gasteiger partial charge on any atom is -0.299 e. The van der Waals surface area contributed by atoms with Gasteiger partial charge in [-0.1, -0.05) is 6.92 Å². The minimum atomic E-state index is -4.04. The molecular weight excluding hydrogens is 288 g/mol. The summed E-state index contributed by atoms with van der Waals surface area (Å²) in [4.78, 5) is 11.0. The van der Waals surface area contributed by atoms with Crippen molar-refractivity contribution in [3.8, 4) is 0 Å². The molecule has 1 aromatic rings. The van der Waals surface area contributed by atoms with E-state index in [1.54, 1.807) is 6.92 Å². The van der Waals surface area contributed by atoms with Gasteiger partial charge in [-0.25, -0.2) is 17.2 Å². The largest absolute Gasteiger partial charge is 0.299 e. The lowest BCUT2D eigenvalue weighted by Crippen LogP contribution is -2.44. The van der Waals surface area contributed by atoms with Crippen LogP contribution in [0.1, 0.15) is 19.8 Å². The zero-order valence-electron chi connectivity index (χ0n) is 11.0. The fraction of sp³-hybridized carbons (Fsp3) is 0.462. The van der Waals surface area contributed by atoms with E-state index >= 15 is 0 Å². The molecule has 1 atom stereocenters. The standard InChI is InChI=1S/C13H15F2NO3S/c1-2-9-8-16(6-5-12(9)17)20(18,19)13-4-3-10(14)7-11(13)15/h3-4,7,9H,2,5-6,8H2,1H3. The third-order valence-corrected chi connectivity index (χ3v) is 5.39. The van der Waals surface area contributed by atoms with Gasteiger partial charge in [-0.3, -0.25) is 4.79 Å². The maximum absolute atomic E-state index is 13.6. The number of hydrogen-bond acceptors (Lipinski definition) is 3. The average Bonchev–Trinajstić information content (AvgIpc) is 2.38. The first-order valence-electron chi connectivity index (χ1n) is 6.34. The fourth-order valence-corrected chi connectivity index (χ4v) is 3.81. The molecule has 1 heterocycles. The van der Waals surface area contributed by atoms with Gasteiger partial charge in [-0.05, 0) is 18.6 Å². The van der Waals surface area contributed by atoms with Crippen molar-refractivity contribution >= 4 is 15.8 Å². The summed E-state index contributed by atoms with van der Waals surface area (Å²) < 4.78 is 52.3. The van der Waals surface area contributed by atoms with Gasteiger partial charge in [0.15, 0.2) is 0 Å². The van der Waals surface area contributed by atoms with E-state index in [0.717, 1.165) is 16.4 Å². The molecule has 0 radical (unpaired) electrons. The van der Waals surface area contributed by atoms with Crippen molar-refractivity contribution in [1.82, 2.24) is 4.31 Å². The first-order valence-corrected chi connectivity index (χ1v) is 7.78. The second kappa shape index (κ2) is 5.57. The Labute approximate surface area is 116 Å². The lowest BCUT2D eigenvalue weighted by Gasteiger charge is -2.30. The number of piperidine rings is 1. The molecule has 0 bridgehead atoms. The quantitative estimate of drug-likeness (QED) is 0.857. The number of sulfonamides is 1. The highest BCUT2D eigenvalue weighted by molar-refractivity contribution is 7.89. The molecule has 0 amide bonds. The van der Waals surface area contributed by atoms with Crippen molar-refractivity contribution in [1.29, 1.82) is 0 Å². The van der Waals surface area contributed by atoms with E-state index < -0.39 is 26.6 Å². The molecule has 1 aliphatic rings. The van der Waals surface area contributed by atoms with E-state index in [4.69, 9.17) is 0 Å². The van der Waals surface area contributed by atoms with Gasteiger partial charge in [0, 0.05) is 31.5 Å². The first kappa shape index (κ1) is 15.1. The van der Waals surface area contributed by atoms with Crippen molar-refractivity contribution in [2.75, 3.05) is 13.1 Å². The molecule has 0 saturated carbocycles. The van der Waals surface area contributed by atoms with Crippen LogP contribution in [0, 0.1) is 17.6 Å². The Hall–Kier alpha value is -1.34. The van der Waals surface area contributed by atoms with Gasteiger partial charge in [0.05, 0.1) is 0 Å². The number of Topliss-reactive ketones (excluding diaryl/α,β-unsaturated/α-hetero) is 1. The van der Waals surface area contributed by atoms with Crippen LogP contribution in [0.25, 0.3) is 0 Å². The molecule has 0 N–H and O–H groups in total. The lowest BCUT2D eigenvalue weighted by molar-refractivity contribution is -0.125. The Balaban J connectivity index is 2.33. The summed E-state index contributed by atoms with van der Waals surface area (Å²) in [5, 5.41) is 0. The van der Waals surface area contributed by atoms with Gasteiger partial charge in [-0.15, -0.1) is 0 Å². The van der Waals surface area contributed by atoms with Gasteiger partial charge in [0.2, 0.25) is 10.0 Å². The topological polar surface area (TPSA) is 54.5 Å². The maximum Gasteiger partial charge on any atom is 0.246 e. The molecule has 4 nitrogen and oxygen atoms in total. The van der Waals surface area contributed by atoms with Crippen molar-refractivity contribution < 1.29 is 22.0 Å². The predicted octanol–water partition coefficient (Wildman–Crippen LogP) is 1.95. The number of ketones is 1. The number of rotatable bonds is 3. The van der Waals surface area contributed by atoms with E-state index in [-0.39, 0.29) is 31.2 Å². The molecule has 1 unspecified atom stereocenters. The van der Waals surface area contributed by atoms with E-state index in [1.807, 2.05) is 0 Å². The van der Waals surface area contributed by atoms with Crippen LogP contribution < -0.4 is 0 Å². The number of hydrogen-bond donors (Lipinski definition) is 0. The van der Waals surface area contributed by atoms with Gasteiger partial charge in [-0.2, -0.15) is 4.31 Å². The molecule has 1 aromatic carbocycles. The minimum absolute atomic E-state index is 0.0264. The first-order chi connectivity index (χ1) is 9.36. The predicted molar refractivity (Wildman–Crippen MR) is 68.5 cm³/mol. The second-order valence-corrected chi connectivity index (χ2v) is 6.67. The molecular formula is C13H15F2NO3S. The highest BCUT2D eigenvalue weighted by Crippen LogP contribution is 2.25. The Morgan fingerprint density at radius 1 is 1.35 bits per heavy atom. The molecule has 1 saturated heterocycles. The second-order valence-electron chi connectivity index (χ2n) is 4.76. The van der Waals surface area contributed by atoms with Crippen LogP contribution in [0.3, 0.4) is 0 Å². The van der Waals surface area contributed by atoms with Crippen LogP contribution in [0.15, 0.2) is 23.1 Å². The molecule has 2 rings (SSSR count). The van der Waals surface area contributed by atoms with Crippen molar-refractivity contribution in [3.63, 3.8) is 0 Å². The van der Waals surface area contributed by atoms with Crippen molar-refractivity contribution in [3.05, 3.63) is 29.8 Å². The van der Waals surface area contributed by atoms with Crippen LogP contribution in [0.2, 0.25) is 0 Å². The number of nitrogens with zero attached hydrogens (tertiary/aromatic N) is 1. The Bertz CT molecular complexity index is 631. The van der Waals surface area contributed by atoms with Gasteiger partial charge < -0.3 is 0 Å².